The van der Waals surface area contributed by atoms with Crippen LogP contribution in [0.3, 0.4) is 0 Å². The van der Waals surface area contributed by atoms with Crippen LogP contribution in [0.15, 0.2) is 30.3 Å². The third kappa shape index (κ3) is 2.76. The minimum atomic E-state index is -1.51. The Bertz CT molecular complexity index is 587. The molecule has 1 N–H and O–H groups in total. The second kappa shape index (κ2) is 5.40. The van der Waals surface area contributed by atoms with Crippen LogP contribution in [-0.2, 0) is 6.54 Å². The van der Waals surface area contributed by atoms with E-state index in [-0.39, 0.29) is 12.1 Å². The SMILES string of the molecule is CNCc1cc(-c2cc(F)c(F)c(F)c2)ccc1F. The first-order chi connectivity index (χ1) is 9.02. The molecule has 0 spiro atoms. The topological polar surface area (TPSA) is 12.0 Å². The molecule has 0 saturated heterocycles. The number of hydrogen-bond acceptors (Lipinski definition) is 1. The van der Waals surface area contributed by atoms with Crippen LogP contribution < -0.4 is 5.32 Å². The second-order valence-electron chi connectivity index (χ2n) is 4.09. The van der Waals surface area contributed by atoms with Gasteiger partial charge >= 0.3 is 0 Å². The molecule has 1 nitrogen and oxygen atoms in total. The summed E-state index contributed by atoms with van der Waals surface area (Å²) in [6.07, 6.45) is 0. The lowest BCUT2D eigenvalue weighted by atomic mass is 10.0. The molecule has 100 valence electrons. The van der Waals surface area contributed by atoms with Crippen molar-refractivity contribution in [1.82, 2.24) is 5.32 Å². The van der Waals surface area contributed by atoms with Gasteiger partial charge in [-0.25, -0.2) is 17.6 Å². The molecule has 5 heteroatoms. The largest absolute Gasteiger partial charge is 0.316 e. The van der Waals surface area contributed by atoms with Crippen molar-refractivity contribution < 1.29 is 17.6 Å². The van der Waals surface area contributed by atoms with Crippen LogP contribution in [0, 0.1) is 23.3 Å². The number of nitrogens with one attached hydrogen (secondary N) is 1. The molecule has 0 aliphatic carbocycles. The number of halogens is 4. The van der Waals surface area contributed by atoms with Crippen molar-refractivity contribution >= 4 is 0 Å². The minimum Gasteiger partial charge on any atom is -0.316 e. The molecule has 2 aromatic rings. The Hall–Kier alpha value is -1.88. The Morgan fingerprint density at radius 3 is 2.05 bits per heavy atom. The third-order valence-electron chi connectivity index (χ3n) is 2.73. The Labute approximate surface area is 107 Å². The molecule has 0 aliphatic heterocycles. The number of benzene rings is 2. The zero-order chi connectivity index (χ0) is 14.0. The summed E-state index contributed by atoms with van der Waals surface area (Å²) in [6, 6.07) is 5.84. The van der Waals surface area contributed by atoms with Gasteiger partial charge in [-0.1, -0.05) is 6.07 Å². The van der Waals surface area contributed by atoms with Crippen molar-refractivity contribution in [3.05, 3.63) is 59.2 Å². The molecule has 0 aromatic heterocycles. The van der Waals surface area contributed by atoms with Crippen LogP contribution in [0.4, 0.5) is 17.6 Å². The van der Waals surface area contributed by atoms with Gasteiger partial charge in [-0.3, -0.25) is 0 Å². The fourth-order valence-corrected chi connectivity index (χ4v) is 1.80. The Kier molecular flexibility index (Phi) is 3.85. The first-order valence-corrected chi connectivity index (χ1v) is 5.61. The summed E-state index contributed by atoms with van der Waals surface area (Å²) in [5.74, 6) is -4.47. The number of hydrogen-bond donors (Lipinski definition) is 1. The zero-order valence-electron chi connectivity index (χ0n) is 10.1. The maximum Gasteiger partial charge on any atom is 0.194 e. The van der Waals surface area contributed by atoms with Gasteiger partial charge in [0.1, 0.15) is 5.82 Å². The highest BCUT2D eigenvalue weighted by atomic mass is 19.2. The van der Waals surface area contributed by atoms with E-state index in [0.29, 0.717) is 11.1 Å². The third-order valence-corrected chi connectivity index (χ3v) is 2.73. The van der Waals surface area contributed by atoms with Gasteiger partial charge in [0.15, 0.2) is 17.5 Å². The van der Waals surface area contributed by atoms with Gasteiger partial charge in [-0.15, -0.1) is 0 Å². The summed E-state index contributed by atoms with van der Waals surface area (Å²) < 4.78 is 52.6. The van der Waals surface area contributed by atoms with E-state index in [2.05, 4.69) is 5.32 Å². The summed E-state index contributed by atoms with van der Waals surface area (Å²) in [7, 11) is 1.66. The fraction of sp³-hybridized carbons (Fsp3) is 0.143. The van der Waals surface area contributed by atoms with E-state index in [1.807, 2.05) is 0 Å². The first kappa shape index (κ1) is 13.5. The van der Waals surface area contributed by atoms with E-state index in [1.54, 1.807) is 7.05 Å². The molecule has 0 amide bonds. The lowest BCUT2D eigenvalue weighted by Crippen LogP contribution is -2.07. The highest BCUT2D eigenvalue weighted by molar-refractivity contribution is 5.64. The van der Waals surface area contributed by atoms with E-state index in [1.165, 1.54) is 18.2 Å². The number of rotatable bonds is 3. The van der Waals surface area contributed by atoms with E-state index in [0.717, 1.165) is 12.1 Å². The Morgan fingerprint density at radius 2 is 1.47 bits per heavy atom. The van der Waals surface area contributed by atoms with Gasteiger partial charge in [0.25, 0.3) is 0 Å². The second-order valence-corrected chi connectivity index (χ2v) is 4.09. The predicted octanol–water partition coefficient (Wildman–Crippen LogP) is 3.63. The molecule has 0 atom stereocenters. The van der Waals surface area contributed by atoms with Crippen LogP contribution in [0.1, 0.15) is 5.56 Å². The molecule has 0 fully saturated rings. The average Bonchev–Trinajstić information content (AvgIpc) is 2.38. The fourth-order valence-electron chi connectivity index (χ4n) is 1.80. The van der Waals surface area contributed by atoms with Gasteiger partial charge in [0.05, 0.1) is 0 Å². The summed E-state index contributed by atoms with van der Waals surface area (Å²) in [5.41, 5.74) is 0.948. The average molecular weight is 269 g/mol. The van der Waals surface area contributed by atoms with Crippen LogP contribution in [0.2, 0.25) is 0 Å². The highest BCUT2D eigenvalue weighted by Crippen LogP contribution is 2.25. The van der Waals surface area contributed by atoms with Gasteiger partial charge < -0.3 is 5.32 Å². The molecule has 0 saturated carbocycles. The van der Waals surface area contributed by atoms with Gasteiger partial charge in [0.2, 0.25) is 0 Å². The van der Waals surface area contributed by atoms with Gasteiger partial charge in [0, 0.05) is 12.1 Å². The highest BCUT2D eigenvalue weighted by Gasteiger charge is 2.12. The zero-order valence-corrected chi connectivity index (χ0v) is 10.1. The normalized spacial score (nSPS) is 10.8. The first-order valence-electron chi connectivity index (χ1n) is 5.61. The smallest absolute Gasteiger partial charge is 0.194 e. The quantitative estimate of drug-likeness (QED) is 0.662. The van der Waals surface area contributed by atoms with E-state index < -0.39 is 23.3 Å². The van der Waals surface area contributed by atoms with Crippen molar-refractivity contribution in [1.29, 1.82) is 0 Å². The maximum atomic E-state index is 13.4. The van der Waals surface area contributed by atoms with E-state index in [9.17, 15) is 17.6 Å². The van der Waals surface area contributed by atoms with Crippen LogP contribution >= 0.6 is 0 Å². The molecule has 0 bridgehead atoms. The maximum absolute atomic E-state index is 13.4. The van der Waals surface area contributed by atoms with Gasteiger partial charge in [-0.2, -0.15) is 0 Å². The Balaban J connectivity index is 2.50. The summed E-state index contributed by atoms with van der Waals surface area (Å²) in [6.45, 7) is 0.284. The molecule has 2 aromatic carbocycles. The van der Waals surface area contributed by atoms with Crippen molar-refractivity contribution in [2.45, 2.75) is 6.54 Å². The van der Waals surface area contributed by atoms with Crippen LogP contribution in [0.25, 0.3) is 11.1 Å². The summed E-state index contributed by atoms with van der Waals surface area (Å²) in [5, 5.41) is 2.79. The van der Waals surface area contributed by atoms with Crippen molar-refractivity contribution in [3.63, 3.8) is 0 Å². The molecular formula is C14H11F4N. The minimum absolute atomic E-state index is 0.161. The van der Waals surface area contributed by atoms with Crippen molar-refractivity contribution in [2.75, 3.05) is 7.05 Å². The molecular weight excluding hydrogens is 258 g/mol. The molecule has 0 aliphatic rings. The predicted molar refractivity (Wildman–Crippen MR) is 64.5 cm³/mol. The van der Waals surface area contributed by atoms with Crippen molar-refractivity contribution in [2.24, 2.45) is 0 Å². The Morgan fingerprint density at radius 1 is 0.842 bits per heavy atom. The monoisotopic (exact) mass is 269 g/mol. The molecule has 0 unspecified atom stereocenters. The molecule has 2 rings (SSSR count). The lowest BCUT2D eigenvalue weighted by Gasteiger charge is -2.08. The van der Waals surface area contributed by atoms with Crippen LogP contribution in [0.5, 0.6) is 0 Å². The summed E-state index contributed by atoms with van der Waals surface area (Å²) in [4.78, 5) is 0. The molecule has 0 radical (unpaired) electrons. The van der Waals surface area contributed by atoms with Crippen molar-refractivity contribution in [3.8, 4) is 11.1 Å². The van der Waals surface area contributed by atoms with Gasteiger partial charge in [-0.05, 0) is 42.4 Å². The standard InChI is InChI=1S/C14H11F4N/c1-19-7-10-4-8(2-3-11(10)15)9-5-12(16)14(18)13(17)6-9/h2-6,19H,7H2,1H3. The summed E-state index contributed by atoms with van der Waals surface area (Å²) >= 11 is 0. The van der Waals surface area contributed by atoms with E-state index in [4.69, 9.17) is 0 Å². The van der Waals surface area contributed by atoms with Crippen LogP contribution in [-0.4, -0.2) is 7.05 Å². The molecule has 0 heterocycles. The van der Waals surface area contributed by atoms with E-state index >= 15 is 0 Å². The molecule has 19 heavy (non-hydrogen) atoms. The lowest BCUT2D eigenvalue weighted by molar-refractivity contribution is 0.447.